The fourth-order valence-electron chi connectivity index (χ4n) is 2.34. The first-order valence-corrected chi connectivity index (χ1v) is 5.67. The van der Waals surface area contributed by atoms with Gasteiger partial charge in [0, 0.05) is 5.54 Å². The smallest absolute Gasteiger partial charge is 0.161 e. The van der Waals surface area contributed by atoms with Crippen LogP contribution in [0.4, 0.5) is 0 Å². The molecule has 0 bridgehead atoms. The minimum absolute atomic E-state index is 0.145. The minimum Gasteiger partial charge on any atom is -0.493 e. The number of hydrogen-bond acceptors (Lipinski definition) is 3. The molecule has 3 nitrogen and oxygen atoms in total. The van der Waals surface area contributed by atoms with E-state index in [4.69, 9.17) is 15.2 Å². The largest absolute Gasteiger partial charge is 0.493 e. The van der Waals surface area contributed by atoms with E-state index in [-0.39, 0.29) is 5.54 Å². The molecule has 1 aliphatic carbocycles. The summed E-state index contributed by atoms with van der Waals surface area (Å²) < 4.78 is 10.5. The fraction of sp³-hybridized carbons (Fsp3) is 0.538. The van der Waals surface area contributed by atoms with E-state index in [1.165, 1.54) is 0 Å². The zero-order valence-electron chi connectivity index (χ0n) is 10.1. The normalized spacial score (nSPS) is 27.6. The molecule has 0 aliphatic heterocycles. The van der Waals surface area contributed by atoms with Crippen LogP contribution >= 0.6 is 0 Å². The summed E-state index contributed by atoms with van der Waals surface area (Å²) in [5.74, 6) is 2.11. The Hall–Kier alpha value is -1.22. The Balaban J connectivity index is 2.30. The Morgan fingerprint density at radius 1 is 1.31 bits per heavy atom. The molecule has 0 heterocycles. The molecule has 3 heteroatoms. The van der Waals surface area contributed by atoms with Gasteiger partial charge >= 0.3 is 0 Å². The number of rotatable bonds is 4. The predicted molar refractivity (Wildman–Crippen MR) is 63.8 cm³/mol. The van der Waals surface area contributed by atoms with E-state index >= 15 is 0 Å². The van der Waals surface area contributed by atoms with Crippen molar-refractivity contribution in [3.8, 4) is 11.5 Å². The molecule has 1 saturated carbocycles. The van der Waals surface area contributed by atoms with E-state index in [9.17, 15) is 0 Å². The molecular formula is C13H19NO2. The van der Waals surface area contributed by atoms with Gasteiger partial charge < -0.3 is 15.2 Å². The first kappa shape index (κ1) is 11.3. The molecule has 2 N–H and O–H groups in total. The summed E-state index contributed by atoms with van der Waals surface area (Å²) in [7, 11) is 3.29. The molecule has 1 aromatic carbocycles. The predicted octanol–water partition coefficient (Wildman–Crippen LogP) is 2.29. The van der Waals surface area contributed by atoms with Gasteiger partial charge in [-0.15, -0.1) is 0 Å². The van der Waals surface area contributed by atoms with Crippen LogP contribution in [0.15, 0.2) is 18.2 Å². The summed E-state index contributed by atoms with van der Waals surface area (Å²) in [5.41, 5.74) is 7.35. The van der Waals surface area contributed by atoms with E-state index in [1.807, 2.05) is 18.2 Å². The Labute approximate surface area is 96.5 Å². The maximum absolute atomic E-state index is 6.34. The lowest BCUT2D eigenvalue weighted by Gasteiger charge is -2.15. The van der Waals surface area contributed by atoms with Crippen molar-refractivity contribution in [3.05, 3.63) is 23.8 Å². The number of ether oxygens (including phenoxy) is 2. The third-order valence-electron chi connectivity index (χ3n) is 3.57. The van der Waals surface area contributed by atoms with Crippen molar-refractivity contribution in [1.29, 1.82) is 0 Å². The van der Waals surface area contributed by atoms with Crippen LogP contribution in [0.25, 0.3) is 0 Å². The monoisotopic (exact) mass is 221 g/mol. The highest BCUT2D eigenvalue weighted by Gasteiger charge is 2.50. The van der Waals surface area contributed by atoms with Gasteiger partial charge in [-0.05, 0) is 30.0 Å². The Morgan fingerprint density at radius 3 is 2.50 bits per heavy atom. The second-order valence-electron chi connectivity index (χ2n) is 4.42. The van der Waals surface area contributed by atoms with Crippen LogP contribution in [0.1, 0.15) is 25.3 Å². The molecule has 1 aromatic rings. The van der Waals surface area contributed by atoms with Gasteiger partial charge in [-0.3, -0.25) is 0 Å². The molecule has 2 rings (SSSR count). The third-order valence-corrected chi connectivity index (χ3v) is 3.57. The first-order valence-electron chi connectivity index (χ1n) is 5.67. The van der Waals surface area contributed by atoms with Gasteiger partial charge in [0.15, 0.2) is 11.5 Å². The zero-order chi connectivity index (χ0) is 11.8. The average Bonchev–Trinajstić information content (AvgIpc) is 3.01. The second-order valence-corrected chi connectivity index (χ2v) is 4.42. The van der Waals surface area contributed by atoms with E-state index in [1.54, 1.807) is 14.2 Å². The van der Waals surface area contributed by atoms with Crippen LogP contribution in [-0.4, -0.2) is 14.2 Å². The summed E-state index contributed by atoms with van der Waals surface area (Å²) >= 11 is 0. The summed E-state index contributed by atoms with van der Waals surface area (Å²) in [4.78, 5) is 0. The lowest BCUT2D eigenvalue weighted by Crippen LogP contribution is -2.22. The molecule has 88 valence electrons. The van der Waals surface area contributed by atoms with E-state index in [0.29, 0.717) is 5.92 Å². The first-order chi connectivity index (χ1) is 7.65. The summed E-state index contributed by atoms with van der Waals surface area (Å²) in [6, 6.07) is 5.96. The SMILES string of the molecule is CCC1CC1(N)c1ccc(OC)c(OC)c1. The minimum atomic E-state index is -0.145. The van der Waals surface area contributed by atoms with E-state index in [2.05, 4.69) is 6.92 Å². The van der Waals surface area contributed by atoms with Gasteiger partial charge in [0.05, 0.1) is 14.2 Å². The van der Waals surface area contributed by atoms with Crippen molar-refractivity contribution >= 4 is 0 Å². The molecule has 2 unspecified atom stereocenters. The summed E-state index contributed by atoms with van der Waals surface area (Å²) in [6.45, 7) is 2.18. The maximum atomic E-state index is 6.34. The van der Waals surface area contributed by atoms with Crippen molar-refractivity contribution < 1.29 is 9.47 Å². The van der Waals surface area contributed by atoms with Gasteiger partial charge in [-0.2, -0.15) is 0 Å². The molecule has 1 aliphatic rings. The number of nitrogens with two attached hydrogens (primary N) is 1. The van der Waals surface area contributed by atoms with Gasteiger partial charge in [0.2, 0.25) is 0 Å². The van der Waals surface area contributed by atoms with Gasteiger partial charge in [0.1, 0.15) is 0 Å². The molecule has 0 radical (unpaired) electrons. The highest BCUT2D eigenvalue weighted by atomic mass is 16.5. The zero-order valence-corrected chi connectivity index (χ0v) is 10.1. The number of methoxy groups -OCH3 is 2. The Bertz CT molecular complexity index is 392. The van der Waals surface area contributed by atoms with Gasteiger partial charge in [-0.25, -0.2) is 0 Å². The van der Waals surface area contributed by atoms with Crippen LogP contribution in [0.2, 0.25) is 0 Å². The van der Waals surface area contributed by atoms with Crippen molar-refractivity contribution in [2.75, 3.05) is 14.2 Å². The molecule has 1 fully saturated rings. The Kier molecular flexibility index (Phi) is 2.80. The topological polar surface area (TPSA) is 44.5 Å². The van der Waals surface area contributed by atoms with Crippen molar-refractivity contribution in [1.82, 2.24) is 0 Å². The van der Waals surface area contributed by atoms with Crippen LogP contribution in [0.3, 0.4) is 0 Å². The molecule has 0 saturated heterocycles. The summed E-state index contributed by atoms with van der Waals surface area (Å²) in [6.07, 6.45) is 2.20. The average molecular weight is 221 g/mol. The summed E-state index contributed by atoms with van der Waals surface area (Å²) in [5, 5.41) is 0. The van der Waals surface area contributed by atoms with Gasteiger partial charge in [0.25, 0.3) is 0 Å². The quantitative estimate of drug-likeness (QED) is 0.848. The third kappa shape index (κ3) is 1.65. The van der Waals surface area contributed by atoms with Crippen molar-refractivity contribution in [3.63, 3.8) is 0 Å². The highest BCUT2D eigenvalue weighted by Crippen LogP contribution is 2.52. The Morgan fingerprint density at radius 2 is 2.00 bits per heavy atom. The standard InChI is InChI=1S/C13H19NO2/c1-4-9-8-13(9,14)10-5-6-11(15-2)12(7-10)16-3/h5-7,9H,4,8,14H2,1-3H3. The highest BCUT2D eigenvalue weighted by molar-refractivity contribution is 5.46. The molecule has 0 amide bonds. The second kappa shape index (κ2) is 3.98. The molecular weight excluding hydrogens is 202 g/mol. The van der Waals surface area contributed by atoms with Crippen molar-refractivity contribution in [2.45, 2.75) is 25.3 Å². The van der Waals surface area contributed by atoms with Crippen molar-refractivity contribution in [2.24, 2.45) is 11.7 Å². The molecule has 16 heavy (non-hydrogen) atoms. The van der Waals surface area contributed by atoms with E-state index in [0.717, 1.165) is 29.9 Å². The van der Waals surface area contributed by atoms with E-state index < -0.39 is 0 Å². The molecule has 0 aromatic heterocycles. The molecule has 2 atom stereocenters. The fourth-order valence-corrected chi connectivity index (χ4v) is 2.34. The van der Waals surface area contributed by atoms with Crippen LogP contribution in [-0.2, 0) is 5.54 Å². The lowest BCUT2D eigenvalue weighted by molar-refractivity contribution is 0.354. The number of benzene rings is 1. The van der Waals surface area contributed by atoms with Crippen LogP contribution in [0.5, 0.6) is 11.5 Å². The van der Waals surface area contributed by atoms with Crippen LogP contribution < -0.4 is 15.2 Å². The maximum Gasteiger partial charge on any atom is 0.161 e. The molecule has 0 spiro atoms. The number of hydrogen-bond donors (Lipinski definition) is 1. The lowest BCUT2D eigenvalue weighted by atomic mass is 10.0. The van der Waals surface area contributed by atoms with Crippen LogP contribution in [0, 0.1) is 5.92 Å². The van der Waals surface area contributed by atoms with Gasteiger partial charge in [-0.1, -0.05) is 19.4 Å².